The van der Waals surface area contributed by atoms with Crippen LogP contribution in [0.3, 0.4) is 0 Å². The summed E-state index contributed by atoms with van der Waals surface area (Å²) in [6, 6.07) is 6.14. The van der Waals surface area contributed by atoms with Crippen LogP contribution in [0.25, 0.3) is 10.2 Å². The Kier molecular flexibility index (Phi) is 2.97. The maximum absolute atomic E-state index is 13.0. The Bertz CT molecular complexity index is 716. The summed E-state index contributed by atoms with van der Waals surface area (Å²) in [4.78, 5) is 9.09. The zero-order valence-corrected chi connectivity index (χ0v) is 11.3. The lowest BCUT2D eigenvalue weighted by atomic mass is 10.3. The molecule has 0 amide bonds. The molecule has 1 aromatic carbocycles. The minimum Gasteiger partial charge on any atom is -0.437 e. The third-order valence-electron chi connectivity index (χ3n) is 2.33. The molecule has 18 heavy (non-hydrogen) atoms. The molecule has 3 nitrogen and oxygen atoms in total. The molecule has 0 atom stereocenters. The summed E-state index contributed by atoms with van der Waals surface area (Å²) in [5.41, 5.74) is 0. The maximum Gasteiger partial charge on any atom is 0.231 e. The number of benzene rings is 1. The van der Waals surface area contributed by atoms with Crippen LogP contribution in [-0.2, 0) is 0 Å². The van der Waals surface area contributed by atoms with E-state index in [2.05, 4.69) is 25.9 Å². The molecule has 0 saturated carbocycles. The van der Waals surface area contributed by atoms with Crippen molar-refractivity contribution < 1.29 is 9.13 Å². The van der Waals surface area contributed by atoms with E-state index in [9.17, 15) is 4.39 Å². The summed E-state index contributed by atoms with van der Waals surface area (Å²) < 4.78 is 19.2. The van der Waals surface area contributed by atoms with E-state index in [1.165, 1.54) is 29.8 Å². The van der Waals surface area contributed by atoms with Gasteiger partial charge >= 0.3 is 0 Å². The van der Waals surface area contributed by atoms with E-state index in [0.717, 1.165) is 10.2 Å². The van der Waals surface area contributed by atoms with Gasteiger partial charge in [0.15, 0.2) is 0 Å². The second-order valence-corrected chi connectivity index (χ2v) is 5.24. The number of rotatable bonds is 2. The normalized spacial score (nSPS) is 10.8. The molecule has 0 N–H and O–H groups in total. The minimum absolute atomic E-state index is 0.322. The number of hydrogen-bond acceptors (Lipinski definition) is 4. The van der Waals surface area contributed by atoms with Crippen LogP contribution in [0.2, 0.25) is 0 Å². The highest BCUT2D eigenvalue weighted by atomic mass is 79.9. The molecule has 0 fully saturated rings. The van der Waals surface area contributed by atoms with Gasteiger partial charge in [0.1, 0.15) is 22.7 Å². The van der Waals surface area contributed by atoms with Gasteiger partial charge in [-0.15, -0.1) is 11.3 Å². The standard InChI is InChI=1S/C12H6BrFN2OS/c13-9-5-7(14)1-2-10(9)17-11-8-3-4-18-12(8)16-6-15-11/h1-6H. The van der Waals surface area contributed by atoms with Crippen LogP contribution < -0.4 is 4.74 Å². The van der Waals surface area contributed by atoms with Crippen LogP contribution in [0.5, 0.6) is 11.6 Å². The third kappa shape index (κ3) is 2.09. The van der Waals surface area contributed by atoms with Crippen molar-refractivity contribution in [3.8, 4) is 11.6 Å². The average Bonchev–Trinajstić information content (AvgIpc) is 2.82. The van der Waals surface area contributed by atoms with Crippen LogP contribution in [0.15, 0.2) is 40.4 Å². The summed E-state index contributed by atoms with van der Waals surface area (Å²) in [7, 11) is 0. The van der Waals surface area contributed by atoms with Crippen LogP contribution in [0.4, 0.5) is 4.39 Å². The molecule has 3 rings (SSSR count). The first-order chi connectivity index (χ1) is 8.74. The smallest absolute Gasteiger partial charge is 0.231 e. The summed E-state index contributed by atoms with van der Waals surface area (Å²) >= 11 is 4.77. The van der Waals surface area contributed by atoms with Crippen molar-refractivity contribution in [1.29, 1.82) is 0 Å². The Morgan fingerprint density at radius 3 is 2.94 bits per heavy atom. The Morgan fingerprint density at radius 1 is 1.22 bits per heavy atom. The van der Waals surface area contributed by atoms with Crippen LogP contribution in [-0.4, -0.2) is 9.97 Å². The van der Waals surface area contributed by atoms with Gasteiger partial charge in [-0.3, -0.25) is 0 Å². The van der Waals surface area contributed by atoms with Crippen molar-refractivity contribution in [2.45, 2.75) is 0 Å². The van der Waals surface area contributed by atoms with Crippen LogP contribution >= 0.6 is 27.3 Å². The molecule has 0 unspecified atom stereocenters. The first kappa shape index (κ1) is 11.6. The lowest BCUT2D eigenvalue weighted by Crippen LogP contribution is -1.90. The average molecular weight is 325 g/mol. The van der Waals surface area contributed by atoms with Gasteiger partial charge in [0.25, 0.3) is 0 Å². The molecule has 0 bridgehead atoms. The molecular weight excluding hydrogens is 319 g/mol. The van der Waals surface area contributed by atoms with Crippen LogP contribution in [0.1, 0.15) is 0 Å². The molecule has 0 spiro atoms. The molecule has 3 aromatic rings. The molecule has 0 aliphatic carbocycles. The fourth-order valence-corrected chi connectivity index (χ4v) is 2.67. The van der Waals surface area contributed by atoms with E-state index in [0.29, 0.717) is 16.1 Å². The van der Waals surface area contributed by atoms with Crippen molar-refractivity contribution in [3.05, 3.63) is 46.3 Å². The Labute approximate surface area is 114 Å². The second-order valence-electron chi connectivity index (χ2n) is 3.50. The van der Waals surface area contributed by atoms with Gasteiger partial charge in [-0.2, -0.15) is 0 Å². The van der Waals surface area contributed by atoms with Gasteiger partial charge in [0.2, 0.25) is 5.88 Å². The predicted molar refractivity (Wildman–Crippen MR) is 71.6 cm³/mol. The Balaban J connectivity index is 2.03. The zero-order chi connectivity index (χ0) is 12.5. The molecule has 2 heterocycles. The van der Waals surface area contributed by atoms with E-state index < -0.39 is 0 Å². The highest BCUT2D eigenvalue weighted by molar-refractivity contribution is 9.10. The summed E-state index contributed by atoms with van der Waals surface area (Å²) in [5.74, 6) is 0.661. The molecule has 6 heteroatoms. The maximum atomic E-state index is 13.0. The second kappa shape index (κ2) is 4.62. The van der Waals surface area contributed by atoms with Gasteiger partial charge in [0, 0.05) is 0 Å². The molecule has 0 aliphatic heterocycles. The van der Waals surface area contributed by atoms with Crippen molar-refractivity contribution in [2.75, 3.05) is 0 Å². The van der Waals surface area contributed by atoms with Crippen molar-refractivity contribution in [3.63, 3.8) is 0 Å². The summed E-state index contributed by atoms with van der Waals surface area (Å²) in [6.07, 6.45) is 1.45. The summed E-state index contributed by atoms with van der Waals surface area (Å²) in [5, 5.41) is 2.77. The van der Waals surface area contributed by atoms with Gasteiger partial charge in [-0.05, 0) is 45.6 Å². The van der Waals surface area contributed by atoms with E-state index in [4.69, 9.17) is 4.74 Å². The number of halogens is 2. The first-order valence-corrected chi connectivity index (χ1v) is 6.72. The van der Waals surface area contributed by atoms with Crippen molar-refractivity contribution in [2.24, 2.45) is 0 Å². The summed E-state index contributed by atoms with van der Waals surface area (Å²) in [6.45, 7) is 0. The van der Waals surface area contributed by atoms with Gasteiger partial charge in [-0.25, -0.2) is 14.4 Å². The van der Waals surface area contributed by atoms with Crippen molar-refractivity contribution in [1.82, 2.24) is 9.97 Å². The quantitative estimate of drug-likeness (QED) is 0.701. The number of hydrogen-bond donors (Lipinski definition) is 0. The van der Waals surface area contributed by atoms with E-state index in [1.54, 1.807) is 6.07 Å². The number of thiophene rings is 1. The number of fused-ring (bicyclic) bond motifs is 1. The lowest BCUT2D eigenvalue weighted by molar-refractivity contribution is 0.463. The van der Waals surface area contributed by atoms with E-state index in [-0.39, 0.29) is 5.82 Å². The highest BCUT2D eigenvalue weighted by Crippen LogP contribution is 2.33. The molecule has 2 aromatic heterocycles. The molecular formula is C12H6BrFN2OS. The Hall–Kier alpha value is -1.53. The topological polar surface area (TPSA) is 35.0 Å². The van der Waals surface area contributed by atoms with Gasteiger partial charge in [-0.1, -0.05) is 0 Å². The van der Waals surface area contributed by atoms with Crippen molar-refractivity contribution >= 4 is 37.5 Å². The number of nitrogens with zero attached hydrogens (tertiary/aromatic N) is 2. The van der Waals surface area contributed by atoms with Gasteiger partial charge in [0.05, 0.1) is 9.86 Å². The Morgan fingerprint density at radius 2 is 2.11 bits per heavy atom. The van der Waals surface area contributed by atoms with Crippen LogP contribution in [0, 0.1) is 5.82 Å². The zero-order valence-electron chi connectivity index (χ0n) is 8.93. The molecule has 0 radical (unpaired) electrons. The van der Waals surface area contributed by atoms with Gasteiger partial charge < -0.3 is 4.74 Å². The highest BCUT2D eigenvalue weighted by Gasteiger charge is 2.09. The fraction of sp³-hybridized carbons (Fsp3) is 0. The molecule has 90 valence electrons. The fourth-order valence-electron chi connectivity index (χ4n) is 1.51. The largest absolute Gasteiger partial charge is 0.437 e. The SMILES string of the molecule is Fc1ccc(Oc2ncnc3sccc23)c(Br)c1. The van der Waals surface area contributed by atoms with E-state index >= 15 is 0 Å². The first-order valence-electron chi connectivity index (χ1n) is 5.05. The predicted octanol–water partition coefficient (Wildman–Crippen LogP) is 4.39. The monoisotopic (exact) mass is 324 g/mol. The molecule has 0 saturated heterocycles. The lowest BCUT2D eigenvalue weighted by Gasteiger charge is -2.07. The third-order valence-corrected chi connectivity index (χ3v) is 3.77. The number of aromatic nitrogens is 2. The molecule has 0 aliphatic rings. The van der Waals surface area contributed by atoms with E-state index in [1.807, 2.05) is 11.4 Å². The number of ether oxygens (including phenoxy) is 1. The minimum atomic E-state index is -0.322.